The molecule has 3 rings (SSSR count). The lowest BCUT2D eigenvalue weighted by Gasteiger charge is -2.27. The Morgan fingerprint density at radius 3 is 2.33 bits per heavy atom. The molecule has 1 fully saturated rings. The highest BCUT2D eigenvalue weighted by Crippen LogP contribution is 2.39. The molecule has 0 bridgehead atoms. The van der Waals surface area contributed by atoms with Crippen LogP contribution in [-0.2, 0) is 10.9 Å². The Kier molecular flexibility index (Phi) is 6.45. The maximum atomic E-state index is 13.5. The molecule has 3 nitrogen and oxygen atoms in total. The summed E-state index contributed by atoms with van der Waals surface area (Å²) < 4.78 is 85.2. The Hall–Kier alpha value is -2.09. The van der Waals surface area contributed by atoms with Gasteiger partial charge in [-0.25, -0.2) is 0 Å². The molecule has 1 saturated heterocycles. The molecular formula is C19H13ClF6N2OS. The van der Waals surface area contributed by atoms with Gasteiger partial charge in [0.15, 0.2) is 0 Å². The van der Waals surface area contributed by atoms with Gasteiger partial charge in [0.05, 0.1) is 23.3 Å². The first-order chi connectivity index (χ1) is 14.0. The number of halogens is 7. The second-order valence-electron chi connectivity index (χ2n) is 6.41. The summed E-state index contributed by atoms with van der Waals surface area (Å²) in [6, 6.07) is 10.6. The molecule has 160 valence electrons. The second-order valence-corrected chi connectivity index (χ2v) is 7.94. The smallest absolute Gasteiger partial charge is 0.344 e. The van der Waals surface area contributed by atoms with Gasteiger partial charge < -0.3 is 9.64 Å². The fourth-order valence-corrected chi connectivity index (χ4v) is 3.98. The standard InChI is InChI=1S/C19H13ClF6N2OS/c20-12-2-5-15(6-3-12)30-10-14-9-28(17(29-14)19(24,25)26)13-4-1-11(8-27)16(7-13)18(21,22)23/h1-7,14,17H,9-10H2/t14-,17+/m0/s1. The Balaban J connectivity index is 1.84. The Morgan fingerprint density at radius 1 is 1.10 bits per heavy atom. The van der Waals surface area contributed by atoms with Gasteiger partial charge in [-0.15, -0.1) is 11.8 Å². The Labute approximate surface area is 177 Å². The van der Waals surface area contributed by atoms with Crippen LogP contribution in [0.25, 0.3) is 0 Å². The zero-order chi connectivity index (χ0) is 22.1. The SMILES string of the molecule is N#Cc1ccc(N2C[C@@H](CSc3ccc(Cl)cc3)O[C@@H]2C(F)(F)F)cc1C(F)(F)F. The number of benzene rings is 2. The van der Waals surface area contributed by atoms with Gasteiger partial charge in [0, 0.05) is 27.9 Å². The molecule has 2 aromatic carbocycles. The summed E-state index contributed by atoms with van der Waals surface area (Å²) in [5, 5.41) is 9.39. The highest BCUT2D eigenvalue weighted by molar-refractivity contribution is 7.99. The quantitative estimate of drug-likeness (QED) is 0.402. The summed E-state index contributed by atoms with van der Waals surface area (Å²) in [5.41, 5.74) is -2.27. The molecule has 2 atom stereocenters. The van der Waals surface area contributed by atoms with Crippen molar-refractivity contribution in [1.29, 1.82) is 5.26 Å². The first-order valence-corrected chi connectivity index (χ1v) is 9.84. The number of hydrogen-bond acceptors (Lipinski definition) is 4. The van der Waals surface area contributed by atoms with E-state index >= 15 is 0 Å². The van der Waals surface area contributed by atoms with Gasteiger partial charge in [-0.1, -0.05) is 11.6 Å². The molecule has 0 spiro atoms. The molecule has 0 unspecified atom stereocenters. The number of thioether (sulfide) groups is 1. The molecule has 0 aliphatic carbocycles. The van der Waals surface area contributed by atoms with Gasteiger partial charge in [0.25, 0.3) is 0 Å². The van der Waals surface area contributed by atoms with Crippen molar-refractivity contribution >= 4 is 29.1 Å². The lowest BCUT2D eigenvalue weighted by molar-refractivity contribution is -0.212. The summed E-state index contributed by atoms with van der Waals surface area (Å²) in [6.45, 7) is -0.256. The van der Waals surface area contributed by atoms with Gasteiger partial charge in [-0.2, -0.15) is 31.6 Å². The average molecular weight is 467 g/mol. The van der Waals surface area contributed by atoms with Crippen molar-refractivity contribution in [2.24, 2.45) is 0 Å². The predicted molar refractivity (Wildman–Crippen MR) is 100 cm³/mol. The molecule has 0 N–H and O–H groups in total. The van der Waals surface area contributed by atoms with E-state index in [-0.39, 0.29) is 18.0 Å². The normalized spacial score (nSPS) is 19.7. The third-order valence-electron chi connectivity index (χ3n) is 4.29. The molecule has 0 saturated carbocycles. The summed E-state index contributed by atoms with van der Waals surface area (Å²) in [6.07, 6.45) is -12.9. The molecular weight excluding hydrogens is 454 g/mol. The second kappa shape index (κ2) is 8.57. The number of anilines is 1. The van der Waals surface area contributed by atoms with Crippen LogP contribution in [0.4, 0.5) is 32.0 Å². The topological polar surface area (TPSA) is 36.3 Å². The zero-order valence-electron chi connectivity index (χ0n) is 15.0. The van der Waals surface area contributed by atoms with Crippen LogP contribution in [0.1, 0.15) is 11.1 Å². The summed E-state index contributed by atoms with van der Waals surface area (Å²) in [5.74, 6) is 0.160. The minimum Gasteiger partial charge on any atom is -0.344 e. The third-order valence-corrected chi connectivity index (χ3v) is 5.69. The van der Waals surface area contributed by atoms with E-state index in [1.807, 2.05) is 0 Å². The molecule has 0 radical (unpaired) electrons. The van der Waals surface area contributed by atoms with Crippen LogP contribution in [-0.4, -0.2) is 30.8 Å². The fraction of sp³-hybridized carbons (Fsp3) is 0.316. The van der Waals surface area contributed by atoms with Gasteiger partial charge >= 0.3 is 12.4 Å². The van der Waals surface area contributed by atoms with E-state index in [9.17, 15) is 26.3 Å². The highest BCUT2D eigenvalue weighted by atomic mass is 35.5. The van der Waals surface area contributed by atoms with Gasteiger partial charge in [-0.05, 0) is 42.5 Å². The average Bonchev–Trinajstić information content (AvgIpc) is 3.11. The van der Waals surface area contributed by atoms with E-state index in [1.54, 1.807) is 24.3 Å². The lowest BCUT2D eigenvalue weighted by Crippen LogP contribution is -2.42. The molecule has 11 heteroatoms. The Bertz CT molecular complexity index is 942. The van der Waals surface area contributed by atoms with Crippen molar-refractivity contribution < 1.29 is 31.1 Å². The van der Waals surface area contributed by atoms with E-state index in [4.69, 9.17) is 21.6 Å². The minimum absolute atomic E-state index is 0.160. The molecule has 1 heterocycles. The molecule has 0 aromatic heterocycles. The first kappa shape index (κ1) is 22.6. The van der Waals surface area contributed by atoms with Crippen LogP contribution in [0.5, 0.6) is 0 Å². The number of rotatable bonds is 4. The number of hydrogen-bond donors (Lipinski definition) is 0. The predicted octanol–water partition coefficient (Wildman–Crippen LogP) is 6.12. The van der Waals surface area contributed by atoms with Crippen molar-refractivity contribution in [2.75, 3.05) is 17.2 Å². The number of alkyl halides is 6. The van der Waals surface area contributed by atoms with E-state index in [0.29, 0.717) is 11.1 Å². The lowest BCUT2D eigenvalue weighted by atomic mass is 10.1. The number of nitrogens with zero attached hydrogens (tertiary/aromatic N) is 2. The van der Waals surface area contributed by atoms with Crippen molar-refractivity contribution in [3.05, 3.63) is 58.6 Å². The van der Waals surface area contributed by atoms with Crippen LogP contribution in [0.3, 0.4) is 0 Å². The monoisotopic (exact) mass is 466 g/mol. The van der Waals surface area contributed by atoms with E-state index < -0.39 is 35.8 Å². The highest BCUT2D eigenvalue weighted by Gasteiger charge is 2.51. The van der Waals surface area contributed by atoms with Crippen molar-refractivity contribution in [3.8, 4) is 6.07 Å². The van der Waals surface area contributed by atoms with Crippen LogP contribution < -0.4 is 4.90 Å². The summed E-state index contributed by atoms with van der Waals surface area (Å²) in [7, 11) is 0. The first-order valence-electron chi connectivity index (χ1n) is 8.47. The summed E-state index contributed by atoms with van der Waals surface area (Å²) >= 11 is 7.04. The maximum Gasteiger partial charge on any atom is 0.433 e. The largest absolute Gasteiger partial charge is 0.433 e. The van der Waals surface area contributed by atoms with E-state index in [1.165, 1.54) is 17.8 Å². The molecule has 0 amide bonds. The van der Waals surface area contributed by atoms with Gasteiger partial charge in [0.1, 0.15) is 0 Å². The van der Waals surface area contributed by atoms with E-state index in [0.717, 1.165) is 21.9 Å². The van der Waals surface area contributed by atoms with Gasteiger partial charge in [0.2, 0.25) is 6.23 Å². The number of nitriles is 1. The van der Waals surface area contributed by atoms with E-state index in [2.05, 4.69) is 0 Å². The fourth-order valence-electron chi connectivity index (χ4n) is 2.96. The van der Waals surface area contributed by atoms with Gasteiger partial charge in [-0.3, -0.25) is 0 Å². The van der Waals surface area contributed by atoms with Crippen LogP contribution in [0.2, 0.25) is 5.02 Å². The zero-order valence-corrected chi connectivity index (χ0v) is 16.5. The van der Waals surface area contributed by atoms with Crippen molar-refractivity contribution in [3.63, 3.8) is 0 Å². The number of ether oxygens (including phenoxy) is 1. The van der Waals surface area contributed by atoms with Crippen molar-refractivity contribution in [1.82, 2.24) is 0 Å². The van der Waals surface area contributed by atoms with Crippen LogP contribution in [0.15, 0.2) is 47.4 Å². The maximum absolute atomic E-state index is 13.5. The van der Waals surface area contributed by atoms with Crippen LogP contribution >= 0.6 is 23.4 Å². The van der Waals surface area contributed by atoms with Crippen molar-refractivity contribution in [2.45, 2.75) is 29.6 Å². The molecule has 1 aliphatic heterocycles. The minimum atomic E-state index is -4.88. The van der Waals surface area contributed by atoms with Crippen LogP contribution in [0, 0.1) is 11.3 Å². The molecule has 1 aliphatic rings. The third kappa shape index (κ3) is 5.14. The molecule has 2 aromatic rings. The molecule has 30 heavy (non-hydrogen) atoms. The summed E-state index contributed by atoms with van der Waals surface area (Å²) in [4.78, 5) is 1.51. The Morgan fingerprint density at radius 2 is 1.77 bits per heavy atom.